The molecule has 2 aromatic rings. The lowest BCUT2D eigenvalue weighted by atomic mass is 10.0. The van der Waals surface area contributed by atoms with E-state index in [-0.39, 0.29) is 10.5 Å². The molecule has 1 atom stereocenters. The maximum absolute atomic E-state index is 14.2. The number of hydrogen-bond acceptors (Lipinski definition) is 2. The summed E-state index contributed by atoms with van der Waals surface area (Å²) in [5, 5.41) is 5.20. The summed E-state index contributed by atoms with van der Waals surface area (Å²) in [5.74, 6) is -0.885. The Labute approximate surface area is 137 Å². The van der Waals surface area contributed by atoms with E-state index in [1.165, 1.54) is 23.5 Å². The molecule has 0 radical (unpaired) electrons. The van der Waals surface area contributed by atoms with Crippen molar-refractivity contribution in [2.75, 3.05) is 6.54 Å². The molecular formula is C14H13Br2F2NS. The van der Waals surface area contributed by atoms with Crippen LogP contribution in [0.15, 0.2) is 32.5 Å². The fraction of sp³-hybridized carbons (Fsp3) is 0.286. The molecule has 1 aromatic carbocycles. The fourth-order valence-corrected chi connectivity index (χ4v) is 3.91. The third kappa shape index (κ3) is 3.47. The van der Waals surface area contributed by atoms with Gasteiger partial charge in [0.2, 0.25) is 0 Å². The van der Waals surface area contributed by atoms with Gasteiger partial charge < -0.3 is 5.32 Å². The summed E-state index contributed by atoms with van der Waals surface area (Å²) in [7, 11) is 0. The van der Waals surface area contributed by atoms with Crippen molar-refractivity contribution in [3.8, 4) is 0 Å². The Morgan fingerprint density at radius 2 is 1.95 bits per heavy atom. The quantitative estimate of drug-likeness (QED) is 0.612. The number of benzene rings is 1. The fourth-order valence-electron chi connectivity index (χ4n) is 1.90. The van der Waals surface area contributed by atoms with Crippen molar-refractivity contribution in [3.05, 3.63) is 54.6 Å². The minimum atomic E-state index is -0.461. The number of nitrogens with one attached hydrogen (secondary N) is 1. The third-order valence-corrected chi connectivity index (χ3v) is 5.40. The van der Waals surface area contributed by atoms with Crippen molar-refractivity contribution in [1.82, 2.24) is 5.32 Å². The zero-order chi connectivity index (χ0) is 14.7. The zero-order valence-corrected chi connectivity index (χ0v) is 14.7. The monoisotopic (exact) mass is 423 g/mol. The van der Waals surface area contributed by atoms with E-state index in [4.69, 9.17) is 0 Å². The highest BCUT2D eigenvalue weighted by Gasteiger charge is 2.22. The second-order valence-electron chi connectivity index (χ2n) is 4.31. The Bertz CT molecular complexity index is 601. The van der Waals surface area contributed by atoms with E-state index in [1.807, 2.05) is 18.4 Å². The molecule has 0 aliphatic carbocycles. The van der Waals surface area contributed by atoms with Gasteiger partial charge >= 0.3 is 0 Å². The number of rotatable bonds is 5. The smallest absolute Gasteiger partial charge is 0.137 e. The largest absolute Gasteiger partial charge is 0.305 e. The summed E-state index contributed by atoms with van der Waals surface area (Å²) in [6.45, 7) is 2.76. The summed E-state index contributed by atoms with van der Waals surface area (Å²) in [6.07, 6.45) is 0.917. The summed E-state index contributed by atoms with van der Waals surface area (Å²) < 4.78 is 29.0. The molecule has 0 saturated carbocycles. The highest BCUT2D eigenvalue weighted by molar-refractivity contribution is 9.10. The first-order valence-electron chi connectivity index (χ1n) is 6.15. The Hall–Kier alpha value is -0.300. The average Bonchev–Trinajstić information content (AvgIpc) is 2.82. The van der Waals surface area contributed by atoms with E-state index in [9.17, 15) is 8.78 Å². The molecule has 1 N–H and O–H groups in total. The molecule has 0 saturated heterocycles. The number of thiophene rings is 1. The first-order valence-corrected chi connectivity index (χ1v) is 8.61. The van der Waals surface area contributed by atoms with Crippen LogP contribution in [-0.2, 0) is 0 Å². The normalized spacial score (nSPS) is 12.7. The van der Waals surface area contributed by atoms with Gasteiger partial charge in [-0.25, -0.2) is 8.78 Å². The van der Waals surface area contributed by atoms with E-state index in [1.54, 1.807) is 0 Å². The minimum absolute atomic E-state index is 0.137. The van der Waals surface area contributed by atoms with Crippen molar-refractivity contribution in [3.63, 3.8) is 0 Å². The third-order valence-electron chi connectivity index (χ3n) is 2.86. The first kappa shape index (κ1) is 16.1. The van der Waals surface area contributed by atoms with Crippen LogP contribution in [0, 0.1) is 11.6 Å². The zero-order valence-electron chi connectivity index (χ0n) is 10.7. The Kier molecular flexibility index (Phi) is 5.72. The van der Waals surface area contributed by atoms with Gasteiger partial charge in [0.25, 0.3) is 0 Å². The second-order valence-corrected chi connectivity index (χ2v) is 6.96. The van der Waals surface area contributed by atoms with Gasteiger partial charge in [0, 0.05) is 14.9 Å². The Balaban J connectivity index is 2.46. The van der Waals surface area contributed by atoms with Gasteiger partial charge in [-0.3, -0.25) is 0 Å². The van der Waals surface area contributed by atoms with Gasteiger partial charge in [-0.1, -0.05) is 6.92 Å². The molecule has 0 spiro atoms. The number of hydrogen-bond donors (Lipinski definition) is 1. The highest BCUT2D eigenvalue weighted by Crippen LogP contribution is 2.35. The van der Waals surface area contributed by atoms with Gasteiger partial charge in [0.1, 0.15) is 11.6 Å². The summed E-state index contributed by atoms with van der Waals surface area (Å²) in [5.41, 5.74) is 0.322. The van der Waals surface area contributed by atoms with Crippen LogP contribution >= 0.6 is 43.2 Å². The van der Waals surface area contributed by atoms with Crippen LogP contribution in [0.4, 0.5) is 8.78 Å². The molecule has 2 rings (SSSR count). The van der Waals surface area contributed by atoms with Crippen LogP contribution in [0.5, 0.6) is 0 Å². The van der Waals surface area contributed by atoms with Gasteiger partial charge in [-0.15, -0.1) is 11.3 Å². The molecular weight excluding hydrogens is 412 g/mol. The van der Waals surface area contributed by atoms with E-state index < -0.39 is 11.6 Å². The average molecular weight is 425 g/mol. The lowest BCUT2D eigenvalue weighted by Crippen LogP contribution is -2.23. The molecule has 1 heterocycles. The summed E-state index contributed by atoms with van der Waals surface area (Å²) >= 11 is 7.97. The maximum atomic E-state index is 14.2. The van der Waals surface area contributed by atoms with E-state index in [0.29, 0.717) is 5.56 Å². The predicted molar refractivity (Wildman–Crippen MR) is 86.2 cm³/mol. The van der Waals surface area contributed by atoms with Crippen LogP contribution in [0.25, 0.3) is 0 Å². The molecule has 0 aliphatic rings. The van der Waals surface area contributed by atoms with E-state index >= 15 is 0 Å². The van der Waals surface area contributed by atoms with Crippen molar-refractivity contribution in [2.24, 2.45) is 0 Å². The lowest BCUT2D eigenvalue weighted by Gasteiger charge is -2.19. The molecule has 20 heavy (non-hydrogen) atoms. The Morgan fingerprint density at radius 1 is 1.20 bits per heavy atom. The molecule has 6 heteroatoms. The molecule has 0 bridgehead atoms. The van der Waals surface area contributed by atoms with Crippen LogP contribution in [0.3, 0.4) is 0 Å². The second kappa shape index (κ2) is 7.11. The predicted octanol–water partition coefficient (Wildman–Crippen LogP) is 5.64. The summed E-state index contributed by atoms with van der Waals surface area (Å²) in [6, 6.07) is 3.98. The SMILES string of the molecule is CCCNC(c1cc(F)c(Br)cc1F)c1sccc1Br. The molecule has 1 aromatic heterocycles. The molecule has 108 valence electrons. The van der Waals surface area contributed by atoms with Crippen molar-refractivity contribution < 1.29 is 8.78 Å². The first-order chi connectivity index (χ1) is 9.54. The lowest BCUT2D eigenvalue weighted by molar-refractivity contribution is 0.536. The molecule has 1 unspecified atom stereocenters. The molecule has 0 aliphatic heterocycles. The minimum Gasteiger partial charge on any atom is -0.305 e. The van der Waals surface area contributed by atoms with Crippen molar-refractivity contribution in [1.29, 1.82) is 0 Å². The number of halogens is 4. The molecule has 0 amide bonds. The van der Waals surface area contributed by atoms with Crippen LogP contribution in [0.2, 0.25) is 0 Å². The van der Waals surface area contributed by atoms with Crippen LogP contribution in [-0.4, -0.2) is 6.54 Å². The Morgan fingerprint density at radius 3 is 2.55 bits per heavy atom. The van der Waals surface area contributed by atoms with Gasteiger partial charge in [0.05, 0.1) is 10.5 Å². The van der Waals surface area contributed by atoms with Gasteiger partial charge in [-0.05, 0) is 68.4 Å². The van der Waals surface area contributed by atoms with Gasteiger partial charge in [-0.2, -0.15) is 0 Å². The maximum Gasteiger partial charge on any atom is 0.137 e. The van der Waals surface area contributed by atoms with Crippen LogP contribution in [0.1, 0.15) is 29.8 Å². The standard InChI is InChI=1S/C14H13Br2F2NS/c1-2-4-19-13(14-9(15)3-5-20-14)8-6-12(18)10(16)7-11(8)17/h3,5-7,13,19H,2,4H2,1H3. The van der Waals surface area contributed by atoms with E-state index in [0.717, 1.165) is 22.3 Å². The van der Waals surface area contributed by atoms with E-state index in [2.05, 4.69) is 37.2 Å². The summed E-state index contributed by atoms with van der Waals surface area (Å²) in [4.78, 5) is 0.944. The van der Waals surface area contributed by atoms with Crippen molar-refractivity contribution in [2.45, 2.75) is 19.4 Å². The molecule has 0 fully saturated rings. The van der Waals surface area contributed by atoms with Gasteiger partial charge in [0.15, 0.2) is 0 Å². The van der Waals surface area contributed by atoms with Crippen molar-refractivity contribution >= 4 is 43.2 Å². The molecule has 1 nitrogen and oxygen atoms in total. The topological polar surface area (TPSA) is 12.0 Å². The van der Waals surface area contributed by atoms with Crippen LogP contribution < -0.4 is 5.32 Å². The highest BCUT2D eigenvalue weighted by atomic mass is 79.9.